The fourth-order valence-electron chi connectivity index (χ4n) is 5.22. The highest BCUT2D eigenvalue weighted by Crippen LogP contribution is 2.45. The summed E-state index contributed by atoms with van der Waals surface area (Å²) in [5.74, 6) is 1.40. The van der Waals surface area contributed by atoms with E-state index >= 15 is 0 Å². The SMILES string of the molecule is Cc1cc(-c2ccc(C=Nc3sc4c(c3C(=O)Nc3ccccc3)CC[C@@H](C(C)(C)C)C4)o2)cc([N+](=O)[O-])c1C. The van der Waals surface area contributed by atoms with Crippen molar-refractivity contribution in [2.75, 3.05) is 5.32 Å². The number of furan rings is 1. The number of rotatable bonds is 6. The van der Waals surface area contributed by atoms with Crippen molar-refractivity contribution in [1.29, 1.82) is 0 Å². The monoisotopic (exact) mass is 555 g/mol. The fraction of sp³-hybridized carbons (Fsp3) is 0.312. The Bertz CT molecular complexity index is 1610. The van der Waals surface area contributed by atoms with Gasteiger partial charge < -0.3 is 9.73 Å². The Kier molecular flexibility index (Phi) is 7.47. The molecule has 1 aliphatic carbocycles. The first-order chi connectivity index (χ1) is 19.0. The van der Waals surface area contributed by atoms with Gasteiger partial charge in [-0.1, -0.05) is 39.0 Å². The Hall–Kier alpha value is -4.04. The van der Waals surface area contributed by atoms with Crippen LogP contribution < -0.4 is 5.32 Å². The van der Waals surface area contributed by atoms with E-state index in [0.29, 0.717) is 39.1 Å². The van der Waals surface area contributed by atoms with Crippen LogP contribution in [-0.4, -0.2) is 17.0 Å². The van der Waals surface area contributed by atoms with Crippen molar-refractivity contribution in [3.05, 3.63) is 97.6 Å². The predicted molar refractivity (Wildman–Crippen MR) is 161 cm³/mol. The van der Waals surface area contributed by atoms with Crippen molar-refractivity contribution in [3.8, 4) is 11.3 Å². The minimum atomic E-state index is -0.373. The summed E-state index contributed by atoms with van der Waals surface area (Å²) in [6, 6.07) is 16.4. The van der Waals surface area contributed by atoms with Crippen LogP contribution in [0.15, 0.2) is 64.0 Å². The van der Waals surface area contributed by atoms with Gasteiger partial charge in [0.2, 0.25) is 0 Å². The van der Waals surface area contributed by atoms with Crippen LogP contribution in [0.5, 0.6) is 0 Å². The van der Waals surface area contributed by atoms with Crippen LogP contribution in [0.1, 0.15) is 64.9 Å². The molecule has 0 aliphatic heterocycles. The van der Waals surface area contributed by atoms with Crippen LogP contribution in [0.4, 0.5) is 16.4 Å². The minimum Gasteiger partial charge on any atom is -0.455 e. The van der Waals surface area contributed by atoms with E-state index in [2.05, 4.69) is 26.1 Å². The second-order valence-corrected chi connectivity index (χ2v) is 12.5. The molecule has 2 aromatic carbocycles. The van der Waals surface area contributed by atoms with Crippen LogP contribution in [0.3, 0.4) is 0 Å². The molecule has 206 valence electrons. The summed E-state index contributed by atoms with van der Waals surface area (Å²) in [6.45, 7) is 10.4. The molecule has 0 spiro atoms. The van der Waals surface area contributed by atoms with Gasteiger partial charge in [-0.3, -0.25) is 14.9 Å². The number of nitrogens with zero attached hydrogens (tertiary/aromatic N) is 2. The molecular formula is C32H33N3O4S. The summed E-state index contributed by atoms with van der Waals surface area (Å²) in [4.78, 5) is 30.6. The maximum Gasteiger partial charge on any atom is 0.273 e. The van der Waals surface area contributed by atoms with Crippen LogP contribution in [-0.2, 0) is 12.8 Å². The number of benzene rings is 2. The van der Waals surface area contributed by atoms with Crippen molar-refractivity contribution in [1.82, 2.24) is 0 Å². The number of fused-ring (bicyclic) bond motifs is 1. The molecule has 0 saturated carbocycles. The van der Waals surface area contributed by atoms with E-state index in [9.17, 15) is 14.9 Å². The van der Waals surface area contributed by atoms with E-state index in [-0.39, 0.29) is 21.9 Å². The number of anilines is 1. The second-order valence-electron chi connectivity index (χ2n) is 11.5. The third kappa shape index (κ3) is 5.63. The largest absolute Gasteiger partial charge is 0.455 e. The van der Waals surface area contributed by atoms with Gasteiger partial charge in [-0.15, -0.1) is 11.3 Å². The number of nitro benzene ring substituents is 1. The van der Waals surface area contributed by atoms with Gasteiger partial charge in [-0.2, -0.15) is 0 Å². The van der Waals surface area contributed by atoms with Crippen molar-refractivity contribution in [3.63, 3.8) is 0 Å². The average Bonchev–Trinajstić information content (AvgIpc) is 3.53. The van der Waals surface area contributed by atoms with E-state index in [1.165, 1.54) is 10.9 Å². The maximum atomic E-state index is 13.5. The fourth-order valence-corrected chi connectivity index (χ4v) is 6.49. The third-order valence-corrected chi connectivity index (χ3v) is 8.95. The molecule has 0 radical (unpaired) electrons. The summed E-state index contributed by atoms with van der Waals surface area (Å²) in [5, 5.41) is 15.2. The standard InChI is InChI=1S/C32H33N3O4S/c1-19-15-21(16-26(20(19)2)35(37)38)27-14-12-24(39-27)18-33-31-29(30(36)34-23-9-7-6-8-10-23)25-13-11-22(32(3,4)5)17-28(25)40-31/h6-10,12,14-16,18,22H,11,13,17H2,1-5H3,(H,34,36)/t22-/m1/s1. The number of amides is 1. The first kappa shape index (κ1) is 27.5. The predicted octanol–water partition coefficient (Wildman–Crippen LogP) is 8.69. The lowest BCUT2D eigenvalue weighted by Crippen LogP contribution is -2.27. The van der Waals surface area contributed by atoms with E-state index in [4.69, 9.17) is 9.41 Å². The Morgan fingerprint density at radius 3 is 2.60 bits per heavy atom. The molecular weight excluding hydrogens is 522 g/mol. The molecule has 7 nitrogen and oxygen atoms in total. The summed E-state index contributed by atoms with van der Waals surface area (Å²) in [5.41, 5.74) is 4.81. The number of carbonyl (C=O) groups excluding carboxylic acids is 1. The number of para-hydroxylation sites is 1. The number of carbonyl (C=O) groups is 1. The Morgan fingerprint density at radius 2 is 1.90 bits per heavy atom. The van der Waals surface area contributed by atoms with Crippen LogP contribution in [0, 0.1) is 35.3 Å². The van der Waals surface area contributed by atoms with Crippen molar-refractivity contribution >= 4 is 39.8 Å². The van der Waals surface area contributed by atoms with Gasteiger partial charge in [0.05, 0.1) is 16.7 Å². The molecule has 5 rings (SSSR count). The molecule has 0 fully saturated rings. The zero-order valence-corrected chi connectivity index (χ0v) is 24.2. The number of aliphatic imine (C=N–C) groups is 1. The molecule has 8 heteroatoms. The summed E-state index contributed by atoms with van der Waals surface area (Å²) >= 11 is 1.58. The van der Waals surface area contributed by atoms with Gasteiger partial charge >= 0.3 is 0 Å². The Balaban J connectivity index is 1.47. The maximum absolute atomic E-state index is 13.5. The molecule has 0 unspecified atom stereocenters. The lowest BCUT2D eigenvalue weighted by atomic mass is 9.72. The summed E-state index contributed by atoms with van der Waals surface area (Å²) in [6.07, 6.45) is 4.43. The highest BCUT2D eigenvalue weighted by Gasteiger charge is 2.33. The number of nitro groups is 1. The Morgan fingerprint density at radius 1 is 1.15 bits per heavy atom. The van der Waals surface area contributed by atoms with Gasteiger partial charge in [0.15, 0.2) is 0 Å². The number of hydrogen-bond donors (Lipinski definition) is 1. The van der Waals surface area contributed by atoms with Gasteiger partial charge in [0.1, 0.15) is 16.5 Å². The second kappa shape index (κ2) is 10.8. The van der Waals surface area contributed by atoms with Crippen LogP contribution in [0.25, 0.3) is 11.3 Å². The summed E-state index contributed by atoms with van der Waals surface area (Å²) < 4.78 is 6.01. The first-order valence-corrected chi connectivity index (χ1v) is 14.2. The van der Waals surface area contributed by atoms with E-state index in [0.717, 1.165) is 36.1 Å². The Labute approximate surface area is 238 Å². The van der Waals surface area contributed by atoms with E-state index in [1.54, 1.807) is 36.6 Å². The zero-order chi connectivity index (χ0) is 28.6. The highest BCUT2D eigenvalue weighted by molar-refractivity contribution is 7.16. The first-order valence-electron chi connectivity index (χ1n) is 13.4. The van der Waals surface area contributed by atoms with Crippen LogP contribution >= 0.6 is 11.3 Å². The lowest BCUT2D eigenvalue weighted by Gasteiger charge is -2.33. The quantitative estimate of drug-likeness (QED) is 0.146. The number of thiophene rings is 1. The average molecular weight is 556 g/mol. The molecule has 1 N–H and O–H groups in total. The molecule has 1 amide bonds. The van der Waals surface area contributed by atoms with Gasteiger partial charge in [-0.25, -0.2) is 4.99 Å². The highest BCUT2D eigenvalue weighted by atomic mass is 32.1. The normalized spacial score (nSPS) is 15.3. The molecule has 40 heavy (non-hydrogen) atoms. The third-order valence-electron chi connectivity index (χ3n) is 7.79. The molecule has 2 aromatic heterocycles. The molecule has 4 aromatic rings. The van der Waals surface area contributed by atoms with Crippen molar-refractivity contribution < 1.29 is 14.1 Å². The van der Waals surface area contributed by atoms with E-state index < -0.39 is 0 Å². The molecule has 2 heterocycles. The van der Waals surface area contributed by atoms with Crippen LogP contribution in [0.2, 0.25) is 0 Å². The van der Waals surface area contributed by atoms with Crippen molar-refractivity contribution in [2.24, 2.45) is 16.3 Å². The zero-order valence-electron chi connectivity index (χ0n) is 23.4. The molecule has 0 bridgehead atoms. The van der Waals surface area contributed by atoms with Gasteiger partial charge in [0, 0.05) is 27.8 Å². The molecule has 0 saturated heterocycles. The topological polar surface area (TPSA) is 97.7 Å². The van der Waals surface area contributed by atoms with Gasteiger partial charge in [-0.05, 0) is 85.9 Å². The smallest absolute Gasteiger partial charge is 0.273 e. The number of aryl methyl sites for hydroxylation is 1. The number of hydrogen-bond acceptors (Lipinski definition) is 6. The van der Waals surface area contributed by atoms with E-state index in [1.807, 2.05) is 43.3 Å². The minimum absolute atomic E-state index is 0.0633. The lowest BCUT2D eigenvalue weighted by molar-refractivity contribution is -0.385. The number of nitrogens with one attached hydrogen (secondary N) is 1. The van der Waals surface area contributed by atoms with Gasteiger partial charge in [0.25, 0.3) is 11.6 Å². The molecule has 1 atom stereocenters. The van der Waals surface area contributed by atoms with Crippen molar-refractivity contribution in [2.45, 2.75) is 53.9 Å². The molecule has 1 aliphatic rings. The summed E-state index contributed by atoms with van der Waals surface area (Å²) in [7, 11) is 0.